The summed E-state index contributed by atoms with van der Waals surface area (Å²) in [5.74, 6) is -0.734. The summed E-state index contributed by atoms with van der Waals surface area (Å²) in [6, 6.07) is 12.3. The average molecular weight is 423 g/mol. The molecule has 0 aliphatic carbocycles. The van der Waals surface area contributed by atoms with Crippen LogP contribution in [-0.4, -0.2) is 49.7 Å². The van der Waals surface area contributed by atoms with Crippen molar-refractivity contribution in [3.8, 4) is 0 Å². The first-order valence-corrected chi connectivity index (χ1v) is 10.4. The van der Waals surface area contributed by atoms with Crippen LogP contribution in [0.4, 0.5) is 4.39 Å². The van der Waals surface area contributed by atoms with Crippen molar-refractivity contribution in [1.29, 1.82) is 0 Å². The minimum atomic E-state index is -3.81. The molecule has 0 spiro atoms. The van der Waals surface area contributed by atoms with Gasteiger partial charge in [-0.3, -0.25) is 4.79 Å². The SMILES string of the molecule is O=C(c1cc2ccccc2o1)N1CCN(S(=O)(=O)c2ccc(F)c(Cl)c2)CC1. The second-order valence-corrected chi connectivity index (χ2v) is 8.77. The first-order chi connectivity index (χ1) is 13.4. The molecule has 0 bridgehead atoms. The zero-order chi connectivity index (χ0) is 19.9. The summed E-state index contributed by atoms with van der Waals surface area (Å²) in [5.41, 5.74) is 0.625. The van der Waals surface area contributed by atoms with Crippen molar-refractivity contribution in [2.75, 3.05) is 26.2 Å². The van der Waals surface area contributed by atoms with Gasteiger partial charge in [-0.25, -0.2) is 12.8 Å². The third kappa shape index (κ3) is 3.39. The lowest BCUT2D eigenvalue weighted by atomic mass is 10.2. The number of piperazine rings is 1. The highest BCUT2D eigenvalue weighted by atomic mass is 35.5. The van der Waals surface area contributed by atoms with E-state index in [0.29, 0.717) is 5.58 Å². The summed E-state index contributed by atoms with van der Waals surface area (Å²) in [6.45, 7) is 0.709. The van der Waals surface area contributed by atoms with Crippen molar-refractivity contribution in [2.45, 2.75) is 4.90 Å². The van der Waals surface area contributed by atoms with E-state index in [1.165, 1.54) is 10.4 Å². The Kier molecular flexibility index (Phi) is 4.86. The number of hydrogen-bond donors (Lipinski definition) is 0. The second kappa shape index (κ2) is 7.20. The van der Waals surface area contributed by atoms with Crippen molar-refractivity contribution in [3.05, 3.63) is 65.1 Å². The molecule has 1 aliphatic rings. The molecule has 2 heterocycles. The molecule has 1 aliphatic heterocycles. The Hall–Kier alpha value is -2.42. The Morgan fingerprint density at radius 3 is 2.43 bits per heavy atom. The Morgan fingerprint density at radius 2 is 1.75 bits per heavy atom. The van der Waals surface area contributed by atoms with E-state index in [2.05, 4.69) is 0 Å². The van der Waals surface area contributed by atoms with Gasteiger partial charge in [0.25, 0.3) is 5.91 Å². The number of sulfonamides is 1. The molecule has 1 aromatic heterocycles. The zero-order valence-corrected chi connectivity index (χ0v) is 16.2. The first-order valence-electron chi connectivity index (χ1n) is 8.59. The minimum Gasteiger partial charge on any atom is -0.451 e. The van der Waals surface area contributed by atoms with Gasteiger partial charge in [0, 0.05) is 31.6 Å². The number of carbonyl (C=O) groups excluding carboxylic acids is 1. The topological polar surface area (TPSA) is 70.8 Å². The van der Waals surface area contributed by atoms with Gasteiger partial charge >= 0.3 is 0 Å². The van der Waals surface area contributed by atoms with Gasteiger partial charge in [-0.1, -0.05) is 29.8 Å². The number of nitrogens with zero attached hydrogens (tertiary/aromatic N) is 2. The fourth-order valence-electron chi connectivity index (χ4n) is 3.16. The quantitative estimate of drug-likeness (QED) is 0.648. The molecule has 1 fully saturated rings. The van der Waals surface area contributed by atoms with Crippen molar-refractivity contribution < 1.29 is 22.0 Å². The summed E-state index contributed by atoms with van der Waals surface area (Å²) in [7, 11) is -3.81. The van der Waals surface area contributed by atoms with E-state index in [0.717, 1.165) is 17.5 Å². The number of rotatable bonds is 3. The Morgan fingerprint density at radius 1 is 1.04 bits per heavy atom. The third-order valence-electron chi connectivity index (χ3n) is 4.69. The standard InChI is InChI=1S/C19H16ClFN2O4S/c20-15-12-14(5-6-16(15)21)28(25,26)23-9-7-22(8-10-23)19(24)18-11-13-3-1-2-4-17(13)27-18/h1-6,11-12H,7-10H2. The van der Waals surface area contributed by atoms with Crippen LogP contribution in [0.2, 0.25) is 5.02 Å². The number of halogens is 2. The molecular formula is C19H16ClFN2O4S. The molecule has 1 amide bonds. The fraction of sp³-hybridized carbons (Fsp3) is 0.211. The van der Waals surface area contributed by atoms with Crippen molar-refractivity contribution in [3.63, 3.8) is 0 Å². The Balaban J connectivity index is 1.47. The summed E-state index contributed by atoms with van der Waals surface area (Å²) in [6.07, 6.45) is 0. The molecule has 9 heteroatoms. The summed E-state index contributed by atoms with van der Waals surface area (Å²) >= 11 is 5.70. The number of fused-ring (bicyclic) bond motifs is 1. The van der Waals surface area contributed by atoms with Gasteiger partial charge in [0.2, 0.25) is 10.0 Å². The number of furan rings is 1. The first kappa shape index (κ1) is 18.9. The van der Waals surface area contributed by atoms with Gasteiger partial charge in [0.15, 0.2) is 5.76 Å². The van der Waals surface area contributed by atoms with Crippen LogP contribution in [0.3, 0.4) is 0 Å². The average Bonchev–Trinajstić information content (AvgIpc) is 3.13. The molecule has 28 heavy (non-hydrogen) atoms. The number of benzene rings is 2. The number of carbonyl (C=O) groups is 1. The maximum Gasteiger partial charge on any atom is 0.289 e. The van der Waals surface area contributed by atoms with Crippen LogP contribution in [0.1, 0.15) is 10.6 Å². The summed E-state index contributed by atoms with van der Waals surface area (Å²) in [5, 5.41) is 0.583. The molecule has 6 nitrogen and oxygen atoms in total. The Labute approximate surface area is 166 Å². The molecule has 146 valence electrons. The van der Waals surface area contributed by atoms with E-state index in [1.807, 2.05) is 18.2 Å². The van der Waals surface area contributed by atoms with Gasteiger partial charge in [0.1, 0.15) is 11.4 Å². The van der Waals surface area contributed by atoms with Crippen LogP contribution in [0, 0.1) is 5.82 Å². The van der Waals surface area contributed by atoms with Crippen molar-refractivity contribution in [1.82, 2.24) is 9.21 Å². The number of para-hydroxylation sites is 1. The highest BCUT2D eigenvalue weighted by molar-refractivity contribution is 7.89. The van der Waals surface area contributed by atoms with Gasteiger partial charge in [-0.15, -0.1) is 0 Å². The molecule has 0 N–H and O–H groups in total. The molecule has 0 unspecified atom stereocenters. The van der Waals surface area contributed by atoms with Gasteiger partial charge in [-0.05, 0) is 30.3 Å². The summed E-state index contributed by atoms with van der Waals surface area (Å²) < 4.78 is 45.6. The minimum absolute atomic E-state index is 0.0732. The lowest BCUT2D eigenvalue weighted by molar-refractivity contribution is 0.0668. The fourth-order valence-corrected chi connectivity index (χ4v) is 4.86. The van der Waals surface area contributed by atoms with Gasteiger partial charge < -0.3 is 9.32 Å². The predicted octanol–water partition coefficient (Wildman–Crippen LogP) is 3.37. The largest absolute Gasteiger partial charge is 0.451 e. The molecule has 3 aromatic rings. The van der Waals surface area contributed by atoms with Crippen LogP contribution < -0.4 is 0 Å². The highest BCUT2D eigenvalue weighted by Crippen LogP contribution is 2.24. The number of amides is 1. The van der Waals surface area contributed by atoms with Crippen LogP contribution in [-0.2, 0) is 10.0 Å². The molecule has 4 rings (SSSR count). The zero-order valence-electron chi connectivity index (χ0n) is 14.6. The molecule has 1 saturated heterocycles. The van der Waals surface area contributed by atoms with E-state index in [9.17, 15) is 17.6 Å². The molecular weight excluding hydrogens is 407 g/mol. The van der Waals surface area contributed by atoms with E-state index < -0.39 is 15.8 Å². The molecule has 0 atom stereocenters. The van der Waals surface area contributed by atoms with E-state index in [4.69, 9.17) is 16.0 Å². The second-order valence-electron chi connectivity index (χ2n) is 6.42. The number of hydrogen-bond acceptors (Lipinski definition) is 4. The molecule has 2 aromatic carbocycles. The highest BCUT2D eigenvalue weighted by Gasteiger charge is 2.31. The van der Waals surface area contributed by atoms with Crippen LogP contribution in [0.5, 0.6) is 0 Å². The normalized spacial score (nSPS) is 15.9. The van der Waals surface area contributed by atoms with Gasteiger partial charge in [-0.2, -0.15) is 4.31 Å². The molecule has 0 saturated carbocycles. The third-order valence-corrected chi connectivity index (χ3v) is 6.88. The maximum absolute atomic E-state index is 13.3. The summed E-state index contributed by atoms with van der Waals surface area (Å²) in [4.78, 5) is 14.2. The van der Waals surface area contributed by atoms with Crippen LogP contribution in [0.15, 0.2) is 57.8 Å². The van der Waals surface area contributed by atoms with E-state index in [-0.39, 0.29) is 47.8 Å². The predicted molar refractivity (Wildman–Crippen MR) is 102 cm³/mol. The molecule has 0 radical (unpaired) electrons. The lowest BCUT2D eigenvalue weighted by Crippen LogP contribution is -2.50. The monoisotopic (exact) mass is 422 g/mol. The van der Waals surface area contributed by atoms with Gasteiger partial charge in [0.05, 0.1) is 9.92 Å². The van der Waals surface area contributed by atoms with Crippen molar-refractivity contribution >= 4 is 38.5 Å². The lowest BCUT2D eigenvalue weighted by Gasteiger charge is -2.33. The maximum atomic E-state index is 13.3. The van der Waals surface area contributed by atoms with Crippen LogP contribution >= 0.6 is 11.6 Å². The smallest absolute Gasteiger partial charge is 0.289 e. The van der Waals surface area contributed by atoms with Crippen molar-refractivity contribution in [2.24, 2.45) is 0 Å². The Bertz CT molecular complexity index is 1120. The van der Waals surface area contributed by atoms with Crippen LogP contribution in [0.25, 0.3) is 11.0 Å². The van der Waals surface area contributed by atoms with E-state index in [1.54, 1.807) is 17.0 Å². The van der Waals surface area contributed by atoms with E-state index >= 15 is 0 Å².